The molecule has 1 aliphatic heterocycles. The summed E-state index contributed by atoms with van der Waals surface area (Å²) in [6.07, 6.45) is 1.54. The van der Waals surface area contributed by atoms with Gasteiger partial charge in [-0.1, -0.05) is 15.8 Å². The topological polar surface area (TPSA) is 90.0 Å². The molecule has 0 fully saturated rings. The summed E-state index contributed by atoms with van der Waals surface area (Å²) in [7, 11) is -9.59. The van der Waals surface area contributed by atoms with Crippen LogP contribution in [0.3, 0.4) is 0 Å². The first-order chi connectivity index (χ1) is 8.19. The van der Waals surface area contributed by atoms with Gasteiger partial charge < -0.3 is 9.31 Å². The van der Waals surface area contributed by atoms with E-state index in [1.54, 1.807) is 24.3 Å². The lowest BCUT2D eigenvalue weighted by atomic mass is 10.2. The van der Waals surface area contributed by atoms with Gasteiger partial charge in [-0.05, 0) is 12.1 Å². The highest BCUT2D eigenvalue weighted by Gasteiger charge is 2.50. The summed E-state index contributed by atoms with van der Waals surface area (Å²) in [6, 6.07) is 6.43. The van der Waals surface area contributed by atoms with Gasteiger partial charge >= 0.3 is 7.25 Å². The summed E-state index contributed by atoms with van der Waals surface area (Å²) < 4.78 is 56.5. The minimum Gasteiger partial charge on any atom is -0.508 e. The van der Waals surface area contributed by atoms with Crippen LogP contribution < -0.4 is 9.31 Å². The first-order valence-corrected chi connectivity index (χ1v) is 8.51. The van der Waals surface area contributed by atoms with Gasteiger partial charge in [0.05, 0.1) is 12.5 Å². The molecule has 0 radical (unpaired) electrons. The molecule has 1 heterocycles. The fourth-order valence-electron chi connectivity index (χ4n) is 1.53. The molecule has 0 saturated heterocycles. The Kier molecular flexibility index (Phi) is 3.03. The lowest BCUT2D eigenvalue weighted by Gasteiger charge is -2.17. The third-order valence-corrected chi connectivity index (χ3v) is 5.41. The summed E-state index contributed by atoms with van der Waals surface area (Å²) in [5.41, 5.74) is 0. The van der Waals surface area contributed by atoms with E-state index < -0.39 is 27.3 Å². The molecular weight excluding hydrogens is 281 g/mol. The zero-order valence-corrected chi connectivity index (χ0v) is 11.2. The smallest absolute Gasteiger partial charge is 0.508 e. The molecule has 98 valence electrons. The molecule has 1 aliphatic rings. The molecule has 0 aromatic heterocycles. The quantitative estimate of drug-likeness (QED) is 0.708. The van der Waals surface area contributed by atoms with Crippen LogP contribution in [0.4, 0.5) is 0 Å². The van der Waals surface area contributed by atoms with Gasteiger partial charge in [0.15, 0.2) is 0 Å². The minimum absolute atomic E-state index is 0.194. The molecular formula is C8H10BNO6S2. The Morgan fingerprint density at radius 1 is 0.944 bits per heavy atom. The van der Waals surface area contributed by atoms with Crippen molar-refractivity contribution in [1.82, 2.24) is 3.62 Å². The Bertz CT molecular complexity index is 614. The van der Waals surface area contributed by atoms with Gasteiger partial charge in [-0.3, -0.25) is 0 Å². The third-order valence-electron chi connectivity index (χ3n) is 2.13. The highest BCUT2D eigenvalue weighted by atomic mass is 32.3. The second-order valence-corrected chi connectivity index (χ2v) is 7.69. The van der Waals surface area contributed by atoms with E-state index in [4.69, 9.17) is 9.31 Å². The second-order valence-electron chi connectivity index (χ2n) is 3.74. The van der Waals surface area contributed by atoms with E-state index in [0.717, 1.165) is 12.5 Å². The maximum Gasteiger partial charge on any atom is 0.730 e. The van der Waals surface area contributed by atoms with Crippen LogP contribution in [-0.2, 0) is 20.0 Å². The van der Waals surface area contributed by atoms with Gasteiger partial charge in [0.2, 0.25) is 20.0 Å². The lowest BCUT2D eigenvalue weighted by Crippen LogP contribution is -2.51. The molecule has 0 unspecified atom stereocenters. The van der Waals surface area contributed by atoms with E-state index >= 15 is 0 Å². The summed E-state index contributed by atoms with van der Waals surface area (Å²) >= 11 is 0. The lowest BCUT2D eigenvalue weighted by molar-refractivity contribution is 0.446. The second kappa shape index (κ2) is 4.14. The van der Waals surface area contributed by atoms with Crippen molar-refractivity contribution in [1.29, 1.82) is 0 Å². The van der Waals surface area contributed by atoms with Crippen LogP contribution in [0, 0.1) is 0 Å². The van der Waals surface area contributed by atoms with Crippen LogP contribution in [0.15, 0.2) is 24.3 Å². The van der Waals surface area contributed by atoms with E-state index in [2.05, 4.69) is 0 Å². The first kappa shape index (κ1) is 13.2. The molecule has 0 amide bonds. The summed E-state index contributed by atoms with van der Waals surface area (Å²) in [5, 5.41) is 0. The molecule has 0 aliphatic carbocycles. The number of benzene rings is 1. The third kappa shape index (κ3) is 2.45. The van der Waals surface area contributed by atoms with Gasteiger partial charge in [-0.15, -0.1) is 0 Å². The predicted octanol–water partition coefficient (Wildman–Crippen LogP) is -0.336. The summed E-state index contributed by atoms with van der Waals surface area (Å²) in [5.74, 6) is 0.583. The molecule has 0 atom stereocenters. The fourth-order valence-corrected chi connectivity index (χ4v) is 4.30. The molecule has 0 spiro atoms. The van der Waals surface area contributed by atoms with Crippen LogP contribution in [0.1, 0.15) is 0 Å². The number of sulfonamides is 2. The van der Waals surface area contributed by atoms with Crippen molar-refractivity contribution in [2.75, 3.05) is 12.5 Å². The number of para-hydroxylation sites is 2. The van der Waals surface area contributed by atoms with Crippen LogP contribution >= 0.6 is 0 Å². The largest absolute Gasteiger partial charge is 0.730 e. The van der Waals surface area contributed by atoms with Crippen LogP contribution in [0.25, 0.3) is 0 Å². The van der Waals surface area contributed by atoms with E-state index in [1.165, 1.54) is 0 Å². The van der Waals surface area contributed by atoms with Gasteiger partial charge in [0.25, 0.3) is 0 Å². The van der Waals surface area contributed by atoms with Gasteiger partial charge in [-0.25, -0.2) is 16.8 Å². The SMILES string of the molecule is CS(=O)(=O)N(B1Oc2ccccc2O1)S(C)(=O)=O. The van der Waals surface area contributed by atoms with Crippen molar-refractivity contribution in [2.45, 2.75) is 0 Å². The number of hydrogen-bond acceptors (Lipinski definition) is 6. The fraction of sp³-hybridized carbons (Fsp3) is 0.250. The Balaban J connectivity index is 2.39. The van der Waals surface area contributed by atoms with Crippen molar-refractivity contribution in [3.05, 3.63) is 24.3 Å². The maximum atomic E-state index is 11.5. The van der Waals surface area contributed by atoms with Crippen LogP contribution in [0.2, 0.25) is 0 Å². The average Bonchev–Trinajstić information content (AvgIpc) is 2.54. The predicted molar refractivity (Wildman–Crippen MR) is 65.0 cm³/mol. The highest BCUT2D eigenvalue weighted by molar-refractivity contribution is 8.05. The molecule has 0 N–H and O–H groups in total. The van der Waals surface area contributed by atoms with Gasteiger partial charge in [-0.2, -0.15) is 0 Å². The molecule has 18 heavy (non-hydrogen) atoms. The van der Waals surface area contributed by atoms with E-state index in [1.807, 2.05) is 0 Å². The number of nitrogens with zero attached hydrogens (tertiary/aromatic N) is 1. The van der Waals surface area contributed by atoms with Crippen molar-refractivity contribution in [2.24, 2.45) is 0 Å². The van der Waals surface area contributed by atoms with Crippen LogP contribution in [-0.4, -0.2) is 40.2 Å². The zero-order chi connectivity index (χ0) is 13.6. The zero-order valence-electron chi connectivity index (χ0n) is 9.60. The van der Waals surface area contributed by atoms with E-state index in [-0.39, 0.29) is 3.62 Å². The Labute approximate surface area is 106 Å². The molecule has 1 aromatic rings. The standard InChI is InChI=1S/C8H10BNO6S2/c1-17(11,12)10(18(2,13)14)9-15-7-5-3-4-6-8(7)16-9/h3-6H,1-2H3. The highest BCUT2D eigenvalue weighted by Crippen LogP contribution is 2.34. The molecule has 10 heteroatoms. The monoisotopic (exact) mass is 291 g/mol. The van der Waals surface area contributed by atoms with Crippen molar-refractivity contribution < 1.29 is 26.1 Å². The summed E-state index contributed by atoms with van der Waals surface area (Å²) in [6.45, 7) is 0. The first-order valence-electron chi connectivity index (χ1n) is 4.81. The number of rotatable bonds is 3. The van der Waals surface area contributed by atoms with E-state index in [9.17, 15) is 16.8 Å². The van der Waals surface area contributed by atoms with Gasteiger partial charge in [0.1, 0.15) is 11.5 Å². The number of fused-ring (bicyclic) bond motifs is 1. The summed E-state index contributed by atoms with van der Waals surface area (Å²) in [4.78, 5) is 0. The average molecular weight is 291 g/mol. The van der Waals surface area contributed by atoms with Crippen LogP contribution in [0.5, 0.6) is 11.5 Å². The molecule has 7 nitrogen and oxygen atoms in total. The Morgan fingerprint density at radius 3 is 1.67 bits per heavy atom. The van der Waals surface area contributed by atoms with Crippen molar-refractivity contribution in [3.63, 3.8) is 0 Å². The number of hydrogen-bond donors (Lipinski definition) is 0. The molecule has 0 bridgehead atoms. The minimum atomic E-state index is -4.03. The van der Waals surface area contributed by atoms with Gasteiger partial charge in [0, 0.05) is 0 Å². The molecule has 1 aromatic carbocycles. The van der Waals surface area contributed by atoms with Crippen molar-refractivity contribution >= 4 is 27.3 Å². The molecule has 0 saturated carbocycles. The van der Waals surface area contributed by atoms with E-state index in [0.29, 0.717) is 11.5 Å². The Hall–Kier alpha value is -1.26. The van der Waals surface area contributed by atoms with Crippen molar-refractivity contribution in [3.8, 4) is 11.5 Å². The maximum absolute atomic E-state index is 11.5. The normalized spacial score (nSPS) is 15.2. The Morgan fingerprint density at radius 2 is 1.33 bits per heavy atom. The molecule has 2 rings (SSSR count).